The molecule has 0 aliphatic carbocycles. The van der Waals surface area contributed by atoms with Crippen LogP contribution in [0.3, 0.4) is 0 Å². The molecule has 0 aliphatic rings. The molecule has 0 bridgehead atoms. The highest BCUT2D eigenvalue weighted by Crippen LogP contribution is 2.12. The van der Waals surface area contributed by atoms with Gasteiger partial charge >= 0.3 is 0 Å². The number of nitrogens with two attached hydrogens (primary N) is 1. The van der Waals surface area contributed by atoms with Crippen LogP contribution in [-0.2, 0) is 6.42 Å². The van der Waals surface area contributed by atoms with Crippen molar-refractivity contribution < 1.29 is 0 Å². The highest BCUT2D eigenvalue weighted by molar-refractivity contribution is 5.53. The van der Waals surface area contributed by atoms with Gasteiger partial charge in [-0.25, -0.2) is 4.98 Å². The Hall–Kier alpha value is -1.31. The van der Waals surface area contributed by atoms with Gasteiger partial charge in [-0.3, -0.25) is 0 Å². The molecule has 2 heteroatoms. The highest BCUT2D eigenvalue weighted by Gasteiger charge is 1.96. The Bertz CT molecular complexity index is 267. The molecule has 0 unspecified atom stereocenters. The van der Waals surface area contributed by atoms with Gasteiger partial charge in [0, 0.05) is 6.20 Å². The van der Waals surface area contributed by atoms with Gasteiger partial charge in [-0.1, -0.05) is 33.4 Å². The minimum Gasteiger partial charge on any atom is -0.384 e. The van der Waals surface area contributed by atoms with Crippen molar-refractivity contribution in [1.82, 2.24) is 4.98 Å². The lowest BCUT2D eigenvalue weighted by atomic mass is 10.1. The van der Waals surface area contributed by atoms with Crippen molar-refractivity contribution in [3.05, 3.63) is 30.0 Å². The molecular weight excluding hydrogens is 160 g/mol. The van der Waals surface area contributed by atoms with Crippen LogP contribution in [0, 0.1) is 0 Å². The molecule has 1 heterocycles. The van der Waals surface area contributed by atoms with Gasteiger partial charge in [0.1, 0.15) is 5.82 Å². The van der Waals surface area contributed by atoms with Gasteiger partial charge < -0.3 is 5.73 Å². The summed E-state index contributed by atoms with van der Waals surface area (Å²) in [6, 6.07) is 1.89. The lowest BCUT2D eigenvalue weighted by molar-refractivity contribution is 1.11. The molecule has 13 heavy (non-hydrogen) atoms. The normalized spacial score (nSPS) is 8.54. The molecule has 1 rings (SSSR count). The minimum atomic E-state index is 0.576. The van der Waals surface area contributed by atoms with Crippen LogP contribution >= 0.6 is 0 Å². The Morgan fingerprint density at radius 2 is 2.15 bits per heavy atom. The third-order valence-corrected chi connectivity index (χ3v) is 1.65. The number of aryl methyl sites for hydroxylation is 1. The summed E-state index contributed by atoms with van der Waals surface area (Å²) < 4.78 is 0. The number of nitrogen functional groups attached to an aromatic ring is 1. The van der Waals surface area contributed by atoms with E-state index in [0.717, 1.165) is 12.0 Å². The average Bonchev–Trinajstić information content (AvgIpc) is 2.20. The zero-order chi connectivity index (χ0) is 10.3. The van der Waals surface area contributed by atoms with Gasteiger partial charge in [0.2, 0.25) is 0 Å². The Morgan fingerprint density at radius 3 is 2.62 bits per heavy atom. The van der Waals surface area contributed by atoms with E-state index >= 15 is 0 Å². The lowest BCUT2D eigenvalue weighted by Crippen LogP contribution is -1.94. The summed E-state index contributed by atoms with van der Waals surface area (Å²) >= 11 is 0. The van der Waals surface area contributed by atoms with E-state index < -0.39 is 0 Å². The fraction of sp³-hybridized carbons (Fsp3) is 0.364. The molecule has 2 N–H and O–H groups in total. The summed E-state index contributed by atoms with van der Waals surface area (Å²) in [5.41, 5.74) is 7.78. The van der Waals surface area contributed by atoms with Crippen molar-refractivity contribution in [3.8, 4) is 0 Å². The number of aromatic nitrogens is 1. The molecule has 0 amide bonds. The predicted octanol–water partition coefficient (Wildman–Crippen LogP) is 2.90. The van der Waals surface area contributed by atoms with E-state index in [1.807, 2.05) is 19.9 Å². The van der Waals surface area contributed by atoms with E-state index in [1.165, 1.54) is 5.56 Å². The zero-order valence-corrected chi connectivity index (χ0v) is 8.67. The Kier molecular flexibility index (Phi) is 5.60. The van der Waals surface area contributed by atoms with Crippen LogP contribution < -0.4 is 5.73 Å². The van der Waals surface area contributed by atoms with Crippen molar-refractivity contribution in [2.75, 3.05) is 5.73 Å². The third kappa shape index (κ3) is 3.28. The number of hydrogen-bond acceptors (Lipinski definition) is 2. The first kappa shape index (κ1) is 11.7. The van der Waals surface area contributed by atoms with Gasteiger partial charge in [0.15, 0.2) is 0 Å². The fourth-order valence-electron chi connectivity index (χ4n) is 1.02. The Balaban J connectivity index is 0.000000671. The van der Waals surface area contributed by atoms with Crippen molar-refractivity contribution in [1.29, 1.82) is 0 Å². The summed E-state index contributed by atoms with van der Waals surface area (Å²) in [5.74, 6) is 0.576. The molecular formula is C11H18N2. The number of nitrogens with zero attached hydrogens (tertiary/aromatic N) is 1. The average molecular weight is 178 g/mol. The summed E-state index contributed by atoms with van der Waals surface area (Å²) in [7, 11) is 0. The van der Waals surface area contributed by atoms with Gasteiger partial charge in [-0.15, -0.1) is 0 Å². The topological polar surface area (TPSA) is 38.9 Å². The number of rotatable bonds is 2. The highest BCUT2D eigenvalue weighted by atomic mass is 14.8. The quantitative estimate of drug-likeness (QED) is 0.756. The van der Waals surface area contributed by atoms with Crippen LogP contribution in [0.1, 0.15) is 31.9 Å². The van der Waals surface area contributed by atoms with Gasteiger partial charge in [-0.2, -0.15) is 0 Å². The van der Waals surface area contributed by atoms with E-state index in [2.05, 4.69) is 18.5 Å². The van der Waals surface area contributed by atoms with E-state index in [4.69, 9.17) is 5.73 Å². The lowest BCUT2D eigenvalue weighted by Gasteiger charge is -2.02. The van der Waals surface area contributed by atoms with E-state index in [0.29, 0.717) is 5.82 Å². The largest absolute Gasteiger partial charge is 0.384 e. The van der Waals surface area contributed by atoms with Gasteiger partial charge in [0.05, 0.1) is 0 Å². The van der Waals surface area contributed by atoms with Gasteiger partial charge in [-0.05, 0) is 23.6 Å². The SMILES string of the molecule is C=Cc1cnc(N)cc1CC.CC. The van der Waals surface area contributed by atoms with Crippen molar-refractivity contribution >= 4 is 11.9 Å². The van der Waals surface area contributed by atoms with Crippen LogP contribution in [0.2, 0.25) is 0 Å². The van der Waals surface area contributed by atoms with Crippen LogP contribution in [0.25, 0.3) is 6.08 Å². The smallest absolute Gasteiger partial charge is 0.123 e. The van der Waals surface area contributed by atoms with Crippen LogP contribution in [0.4, 0.5) is 5.82 Å². The second-order valence-electron chi connectivity index (χ2n) is 2.37. The molecule has 0 aliphatic heterocycles. The molecule has 0 aromatic carbocycles. The zero-order valence-electron chi connectivity index (χ0n) is 8.67. The molecule has 0 atom stereocenters. The summed E-state index contributed by atoms with van der Waals surface area (Å²) in [5, 5.41) is 0. The van der Waals surface area contributed by atoms with Gasteiger partial charge in [0.25, 0.3) is 0 Å². The maximum Gasteiger partial charge on any atom is 0.123 e. The van der Waals surface area contributed by atoms with Crippen molar-refractivity contribution in [3.63, 3.8) is 0 Å². The fourth-order valence-corrected chi connectivity index (χ4v) is 1.02. The first-order valence-electron chi connectivity index (χ1n) is 4.64. The Morgan fingerprint density at radius 1 is 1.54 bits per heavy atom. The molecule has 0 radical (unpaired) electrons. The van der Waals surface area contributed by atoms with Crippen LogP contribution in [0.5, 0.6) is 0 Å². The standard InChI is InChI=1S/C9H12N2.C2H6/c1-3-7-5-9(10)11-6-8(7)4-2;1-2/h4-6H,2-3H2,1H3,(H2,10,11);1-2H3. The predicted molar refractivity (Wildman–Crippen MR) is 59.5 cm³/mol. The van der Waals surface area contributed by atoms with Crippen molar-refractivity contribution in [2.24, 2.45) is 0 Å². The Labute approximate surface area is 80.5 Å². The van der Waals surface area contributed by atoms with Crippen LogP contribution in [-0.4, -0.2) is 4.98 Å². The molecule has 0 spiro atoms. The number of anilines is 1. The molecule has 72 valence electrons. The summed E-state index contributed by atoms with van der Waals surface area (Å²) in [6.07, 6.45) is 4.51. The maximum atomic E-state index is 5.51. The molecule has 0 saturated heterocycles. The summed E-state index contributed by atoms with van der Waals surface area (Å²) in [4.78, 5) is 3.97. The minimum absolute atomic E-state index is 0.576. The van der Waals surface area contributed by atoms with Crippen LogP contribution in [0.15, 0.2) is 18.8 Å². The molecule has 1 aromatic heterocycles. The molecule has 0 fully saturated rings. The number of hydrogen-bond donors (Lipinski definition) is 1. The third-order valence-electron chi connectivity index (χ3n) is 1.65. The first-order chi connectivity index (χ1) is 6.27. The maximum absolute atomic E-state index is 5.51. The number of pyridine rings is 1. The molecule has 0 saturated carbocycles. The van der Waals surface area contributed by atoms with E-state index in [9.17, 15) is 0 Å². The molecule has 2 nitrogen and oxygen atoms in total. The first-order valence-corrected chi connectivity index (χ1v) is 4.64. The summed E-state index contributed by atoms with van der Waals surface area (Å²) in [6.45, 7) is 9.77. The second kappa shape index (κ2) is 6.23. The van der Waals surface area contributed by atoms with E-state index in [-0.39, 0.29) is 0 Å². The second-order valence-corrected chi connectivity index (χ2v) is 2.37. The molecule has 1 aromatic rings. The van der Waals surface area contributed by atoms with E-state index in [1.54, 1.807) is 12.3 Å². The van der Waals surface area contributed by atoms with Crippen molar-refractivity contribution in [2.45, 2.75) is 27.2 Å². The monoisotopic (exact) mass is 178 g/mol.